The van der Waals surface area contributed by atoms with E-state index in [1.165, 1.54) is 16.7 Å². The monoisotopic (exact) mass is 447 g/mol. The largest absolute Gasteiger partial charge is 0.319 e. The van der Waals surface area contributed by atoms with Gasteiger partial charge in [-0.1, -0.05) is 70.9 Å². The highest BCUT2D eigenvalue weighted by atomic mass is 32.2. The number of rotatable bonds is 9. The molecule has 4 nitrogen and oxygen atoms in total. The second kappa shape index (κ2) is 9.75. The molecule has 30 heavy (non-hydrogen) atoms. The van der Waals surface area contributed by atoms with Gasteiger partial charge in [-0.05, 0) is 60.6 Å². The van der Waals surface area contributed by atoms with Crippen molar-refractivity contribution in [2.24, 2.45) is 0 Å². The highest BCUT2D eigenvalue weighted by Crippen LogP contribution is 2.52. The Hall–Kier alpha value is -1.50. The average Bonchev–Trinajstić information content (AvgIpc) is 2.68. The molecule has 0 fully saturated rings. The lowest BCUT2D eigenvalue weighted by molar-refractivity contribution is 0.464. The van der Waals surface area contributed by atoms with Crippen molar-refractivity contribution < 1.29 is 13.0 Å². The topological polar surface area (TPSA) is 57.6 Å². The fourth-order valence-electron chi connectivity index (χ4n) is 4.32. The van der Waals surface area contributed by atoms with Crippen LogP contribution in [-0.4, -0.2) is 18.3 Å². The van der Waals surface area contributed by atoms with Gasteiger partial charge in [0, 0.05) is 9.79 Å². The molecule has 0 aromatic heterocycles. The molecule has 0 aliphatic carbocycles. The third-order valence-electron chi connectivity index (χ3n) is 5.54. The summed E-state index contributed by atoms with van der Waals surface area (Å²) < 4.78 is 35.0. The van der Waals surface area contributed by atoms with Gasteiger partial charge in [-0.3, -0.25) is 4.55 Å². The molecule has 1 N–H and O–H groups in total. The Labute approximate surface area is 185 Å². The van der Waals surface area contributed by atoms with Crippen LogP contribution in [0, 0.1) is 0 Å². The quantitative estimate of drug-likeness (QED) is 0.430. The van der Waals surface area contributed by atoms with Gasteiger partial charge in [0.05, 0.1) is 11.4 Å². The first-order chi connectivity index (χ1) is 14.3. The molecule has 6 heteroatoms. The van der Waals surface area contributed by atoms with Crippen LogP contribution in [0.1, 0.15) is 70.1 Å². The smallest absolute Gasteiger partial charge is 0.286 e. The van der Waals surface area contributed by atoms with E-state index in [1.54, 1.807) is 11.8 Å². The molecule has 1 aliphatic rings. The van der Waals surface area contributed by atoms with Crippen molar-refractivity contribution in [1.29, 1.82) is 0 Å². The second-order valence-corrected chi connectivity index (χ2v) is 10.7. The van der Waals surface area contributed by atoms with Crippen LogP contribution in [0.5, 0.6) is 0 Å². The van der Waals surface area contributed by atoms with E-state index < -0.39 is 15.5 Å². The van der Waals surface area contributed by atoms with Crippen LogP contribution < -0.4 is 4.90 Å². The van der Waals surface area contributed by atoms with E-state index in [0.29, 0.717) is 6.42 Å². The first-order valence-corrected chi connectivity index (χ1v) is 13.4. The number of benzene rings is 2. The fraction of sp³-hybridized carbons (Fsp3) is 0.500. The summed E-state index contributed by atoms with van der Waals surface area (Å²) in [6.07, 6.45) is 6.20. The minimum absolute atomic E-state index is 0.308. The van der Waals surface area contributed by atoms with Crippen molar-refractivity contribution in [3.63, 3.8) is 0 Å². The summed E-state index contributed by atoms with van der Waals surface area (Å²) in [7, 11) is -4.26. The van der Waals surface area contributed by atoms with Gasteiger partial charge in [-0.2, -0.15) is 8.42 Å². The zero-order valence-electron chi connectivity index (χ0n) is 18.4. The summed E-state index contributed by atoms with van der Waals surface area (Å²) in [4.78, 5) is 4.03. The van der Waals surface area contributed by atoms with Gasteiger partial charge in [0.1, 0.15) is 0 Å². The molecule has 0 saturated carbocycles. The molecule has 2 aromatic rings. The zero-order chi connectivity index (χ0) is 21.9. The minimum Gasteiger partial charge on any atom is -0.319 e. The molecule has 164 valence electrons. The number of hydrogen-bond acceptors (Lipinski definition) is 4. The van der Waals surface area contributed by atoms with Gasteiger partial charge in [-0.15, -0.1) is 0 Å². The van der Waals surface area contributed by atoms with E-state index in [-0.39, 0.29) is 0 Å². The van der Waals surface area contributed by atoms with Gasteiger partial charge < -0.3 is 4.90 Å². The Morgan fingerprint density at radius 2 is 1.57 bits per heavy atom. The first kappa shape index (κ1) is 23.2. The van der Waals surface area contributed by atoms with Crippen molar-refractivity contribution in [2.45, 2.75) is 87.8 Å². The number of aryl methyl sites for hydroxylation is 3. The molecule has 1 atom stereocenters. The van der Waals surface area contributed by atoms with Crippen molar-refractivity contribution in [3.8, 4) is 0 Å². The lowest BCUT2D eigenvalue weighted by Gasteiger charge is -2.39. The van der Waals surface area contributed by atoms with Gasteiger partial charge in [-0.25, -0.2) is 0 Å². The predicted octanol–water partition coefficient (Wildman–Crippen LogP) is 6.77. The maximum Gasteiger partial charge on any atom is 0.286 e. The molecule has 0 radical (unpaired) electrons. The summed E-state index contributed by atoms with van der Waals surface area (Å²) in [5.74, 6) is 0. The Kier molecular flexibility index (Phi) is 7.53. The Bertz CT molecular complexity index is 1000. The van der Waals surface area contributed by atoms with Crippen LogP contribution in [0.15, 0.2) is 40.1 Å². The summed E-state index contributed by atoms with van der Waals surface area (Å²) in [6.45, 7) is 8.28. The number of nitrogens with zero attached hydrogens (tertiary/aromatic N) is 1. The van der Waals surface area contributed by atoms with E-state index in [2.05, 4.69) is 51.1 Å². The minimum atomic E-state index is -4.26. The summed E-state index contributed by atoms with van der Waals surface area (Å²) in [6, 6.07) is 10.8. The maximum absolute atomic E-state index is 12.4. The molecule has 3 rings (SSSR count). The third-order valence-corrected chi connectivity index (χ3v) is 7.86. The average molecular weight is 448 g/mol. The van der Waals surface area contributed by atoms with Crippen molar-refractivity contribution in [2.75, 3.05) is 4.90 Å². The molecule has 0 spiro atoms. The number of hydrogen-bond donors (Lipinski definition) is 1. The van der Waals surface area contributed by atoms with Crippen LogP contribution >= 0.6 is 11.8 Å². The Morgan fingerprint density at radius 1 is 0.900 bits per heavy atom. The van der Waals surface area contributed by atoms with E-state index in [9.17, 15) is 13.0 Å². The molecule has 1 aliphatic heterocycles. The maximum atomic E-state index is 12.4. The molecule has 0 saturated heterocycles. The van der Waals surface area contributed by atoms with Crippen LogP contribution in [-0.2, 0) is 29.4 Å². The molecule has 2 aromatic carbocycles. The lowest BCUT2D eigenvalue weighted by Crippen LogP contribution is -2.39. The standard InChI is InChI=1S/C24H33NO3S2/c1-5-9-17-12-13-21-20(15-17)25(23(8-4)30(26,27)28)24-19(11-7-3)14-18(10-6-2)16-22(24)29-21/h12-16,23H,5-11H2,1-4H3,(H,26,27,28). The SMILES string of the molecule is CCCc1cc(CCC)c2c(c1)Sc1ccc(CCC)cc1N2C(CC)S(=O)(=O)O. The molecular weight excluding hydrogens is 414 g/mol. The van der Waals surface area contributed by atoms with Gasteiger partial charge >= 0.3 is 0 Å². The van der Waals surface area contributed by atoms with Gasteiger partial charge in [0.15, 0.2) is 5.37 Å². The van der Waals surface area contributed by atoms with Crippen molar-refractivity contribution in [1.82, 2.24) is 0 Å². The van der Waals surface area contributed by atoms with Crippen LogP contribution in [0.4, 0.5) is 11.4 Å². The third kappa shape index (κ3) is 4.71. The lowest BCUT2D eigenvalue weighted by atomic mass is 9.99. The summed E-state index contributed by atoms with van der Waals surface area (Å²) >= 11 is 1.71. The van der Waals surface area contributed by atoms with E-state index in [0.717, 1.165) is 59.7 Å². The van der Waals surface area contributed by atoms with Crippen LogP contribution in [0.2, 0.25) is 0 Å². The predicted molar refractivity (Wildman–Crippen MR) is 127 cm³/mol. The van der Waals surface area contributed by atoms with E-state index in [1.807, 2.05) is 11.8 Å². The molecule has 1 unspecified atom stereocenters. The van der Waals surface area contributed by atoms with Crippen molar-refractivity contribution in [3.05, 3.63) is 47.0 Å². The molecule has 0 amide bonds. The molecular formula is C24H33NO3S2. The summed E-state index contributed by atoms with van der Waals surface area (Å²) in [5.41, 5.74) is 5.49. The van der Waals surface area contributed by atoms with Gasteiger partial charge in [0.2, 0.25) is 0 Å². The first-order valence-electron chi connectivity index (χ1n) is 11.1. The highest BCUT2D eigenvalue weighted by molar-refractivity contribution is 7.99. The van der Waals surface area contributed by atoms with Crippen molar-refractivity contribution >= 4 is 33.3 Å². The molecule has 0 bridgehead atoms. The number of anilines is 2. The van der Waals surface area contributed by atoms with E-state index >= 15 is 0 Å². The fourth-order valence-corrected chi connectivity index (χ4v) is 6.40. The Morgan fingerprint density at radius 3 is 2.17 bits per heavy atom. The van der Waals surface area contributed by atoms with E-state index in [4.69, 9.17) is 0 Å². The molecule has 1 heterocycles. The highest BCUT2D eigenvalue weighted by Gasteiger charge is 2.36. The van der Waals surface area contributed by atoms with Crippen LogP contribution in [0.25, 0.3) is 0 Å². The zero-order valence-corrected chi connectivity index (χ0v) is 20.1. The number of fused-ring (bicyclic) bond motifs is 2. The Balaban J connectivity index is 2.29. The normalized spacial score (nSPS) is 14.4. The van der Waals surface area contributed by atoms with Gasteiger partial charge in [0.25, 0.3) is 10.1 Å². The van der Waals surface area contributed by atoms with Crippen LogP contribution in [0.3, 0.4) is 0 Å². The summed E-state index contributed by atoms with van der Waals surface area (Å²) in [5, 5.41) is -1.000. The second-order valence-electron chi connectivity index (χ2n) is 8.00.